The maximum Gasteiger partial charge on any atom is 0.257 e. The Labute approximate surface area is 206 Å². The number of benzene rings is 1. The number of alkyl halides is 2. The van der Waals surface area contributed by atoms with Crippen molar-refractivity contribution in [3.63, 3.8) is 0 Å². The van der Waals surface area contributed by atoms with Gasteiger partial charge in [0, 0.05) is 42.3 Å². The quantitative estimate of drug-likeness (QED) is 0.262. The number of aromatic nitrogens is 6. The van der Waals surface area contributed by atoms with Crippen molar-refractivity contribution >= 4 is 17.4 Å². The van der Waals surface area contributed by atoms with Gasteiger partial charge in [-0.3, -0.25) is 4.79 Å². The van der Waals surface area contributed by atoms with Crippen LogP contribution in [-0.4, -0.2) is 41.0 Å². The number of imidazole rings is 2. The number of carbonyl (C=O) groups excluding carboxylic acids is 1. The molecule has 0 spiro atoms. The summed E-state index contributed by atoms with van der Waals surface area (Å²) in [6.07, 6.45) is 3.51. The van der Waals surface area contributed by atoms with Crippen molar-refractivity contribution in [3.8, 4) is 22.6 Å². The number of halogens is 4. The summed E-state index contributed by atoms with van der Waals surface area (Å²) in [6, 6.07) is 10.9. The summed E-state index contributed by atoms with van der Waals surface area (Å²) in [4.78, 5) is 24.6. The van der Waals surface area contributed by atoms with Gasteiger partial charge in [0.15, 0.2) is 11.5 Å². The lowest BCUT2D eigenvalue weighted by atomic mass is 9.87. The average molecular weight is 507 g/mol. The third-order valence-corrected chi connectivity index (χ3v) is 6.17. The number of fused-ring (bicyclic) bond motifs is 1. The summed E-state index contributed by atoms with van der Waals surface area (Å²) in [6.45, 7) is 0. The summed E-state index contributed by atoms with van der Waals surface area (Å²) >= 11 is 0. The van der Waals surface area contributed by atoms with E-state index in [9.17, 15) is 22.4 Å². The zero-order valence-electron chi connectivity index (χ0n) is 18.9. The van der Waals surface area contributed by atoms with Crippen LogP contribution in [0.2, 0.25) is 0 Å². The van der Waals surface area contributed by atoms with E-state index < -0.39 is 29.6 Å². The van der Waals surface area contributed by atoms with Crippen LogP contribution in [0.1, 0.15) is 29.2 Å². The highest BCUT2D eigenvalue weighted by Gasteiger charge is 2.47. The van der Waals surface area contributed by atoms with Gasteiger partial charge >= 0.3 is 0 Å². The van der Waals surface area contributed by atoms with Gasteiger partial charge < -0.3 is 9.88 Å². The molecule has 0 bridgehead atoms. The van der Waals surface area contributed by atoms with Crippen molar-refractivity contribution in [1.29, 1.82) is 0 Å². The number of pyridine rings is 1. The van der Waals surface area contributed by atoms with E-state index in [1.807, 2.05) is 0 Å². The second kappa shape index (κ2) is 8.50. The zero-order chi connectivity index (χ0) is 25.7. The molecule has 0 aliphatic heterocycles. The summed E-state index contributed by atoms with van der Waals surface area (Å²) in [7, 11) is 0. The molecule has 4 heterocycles. The fourth-order valence-electron chi connectivity index (χ4n) is 4.34. The molecule has 1 fully saturated rings. The summed E-state index contributed by atoms with van der Waals surface area (Å²) in [5.41, 5.74) is 2.47. The first kappa shape index (κ1) is 22.8. The number of nitrogens with zero attached hydrogens (tertiary/aromatic N) is 6. The lowest BCUT2D eigenvalue weighted by Gasteiger charge is -2.36. The molecule has 186 valence electrons. The Morgan fingerprint density at radius 2 is 1.81 bits per heavy atom. The Hall–Kier alpha value is -4.61. The maximum atomic E-state index is 13.7. The van der Waals surface area contributed by atoms with Gasteiger partial charge in [0.2, 0.25) is 5.95 Å². The van der Waals surface area contributed by atoms with Crippen molar-refractivity contribution in [3.05, 3.63) is 84.6 Å². The normalized spacial score (nSPS) is 15.0. The smallest absolute Gasteiger partial charge is 0.257 e. The van der Waals surface area contributed by atoms with Gasteiger partial charge in [-0.2, -0.15) is 9.49 Å². The van der Waals surface area contributed by atoms with Crippen LogP contribution >= 0.6 is 0 Å². The number of rotatable bonds is 5. The van der Waals surface area contributed by atoms with Crippen molar-refractivity contribution in [2.75, 3.05) is 5.32 Å². The molecule has 6 rings (SSSR count). The van der Waals surface area contributed by atoms with Gasteiger partial charge in [-0.05, 0) is 42.5 Å². The summed E-state index contributed by atoms with van der Waals surface area (Å²) < 4.78 is 57.3. The van der Waals surface area contributed by atoms with Gasteiger partial charge in [-0.15, -0.1) is 0 Å². The van der Waals surface area contributed by atoms with E-state index in [-0.39, 0.29) is 24.2 Å². The van der Waals surface area contributed by atoms with Crippen LogP contribution in [0, 0.1) is 11.8 Å². The molecular formula is C25H17F4N7O. The summed E-state index contributed by atoms with van der Waals surface area (Å²) in [5.74, 6) is -4.34. The monoisotopic (exact) mass is 507 g/mol. The Kier molecular flexibility index (Phi) is 5.25. The molecule has 1 N–H and O–H groups in total. The molecule has 1 aliphatic rings. The van der Waals surface area contributed by atoms with Crippen LogP contribution in [0.3, 0.4) is 0 Å². The first-order chi connectivity index (χ1) is 17.8. The van der Waals surface area contributed by atoms with Crippen LogP contribution in [0.25, 0.3) is 28.3 Å². The van der Waals surface area contributed by atoms with Crippen molar-refractivity contribution < 1.29 is 22.4 Å². The minimum Gasteiger partial charge on any atom is -0.325 e. The van der Waals surface area contributed by atoms with E-state index in [1.54, 1.807) is 28.8 Å². The van der Waals surface area contributed by atoms with Gasteiger partial charge in [0.1, 0.15) is 11.5 Å². The minimum absolute atomic E-state index is 0.0725. The fourth-order valence-corrected chi connectivity index (χ4v) is 4.34. The molecule has 0 saturated heterocycles. The van der Waals surface area contributed by atoms with E-state index >= 15 is 0 Å². The Morgan fingerprint density at radius 3 is 2.54 bits per heavy atom. The van der Waals surface area contributed by atoms with Crippen molar-refractivity contribution in [1.82, 2.24) is 29.1 Å². The van der Waals surface area contributed by atoms with Crippen LogP contribution in [0.4, 0.5) is 23.4 Å². The van der Waals surface area contributed by atoms with Crippen LogP contribution in [0.15, 0.2) is 67.3 Å². The topological polar surface area (TPSA) is 90.0 Å². The molecule has 5 aromatic rings. The van der Waals surface area contributed by atoms with Gasteiger partial charge in [0.05, 0.1) is 23.9 Å². The Balaban J connectivity index is 1.37. The van der Waals surface area contributed by atoms with E-state index in [0.29, 0.717) is 28.3 Å². The van der Waals surface area contributed by atoms with Gasteiger partial charge in [-0.1, -0.05) is 0 Å². The molecule has 0 atom stereocenters. The molecule has 1 aromatic carbocycles. The molecule has 12 heteroatoms. The van der Waals surface area contributed by atoms with Crippen molar-refractivity contribution in [2.45, 2.75) is 24.8 Å². The van der Waals surface area contributed by atoms with Crippen LogP contribution in [0.5, 0.6) is 0 Å². The number of carbonyl (C=O) groups is 1. The SMILES string of the molecule is O=C(Nc1cn2nc(-c3c(-c4ccc(F)cc4)ncn3C3CC(F)(F)C3)ccc2n1)c1ccnc(F)c1. The first-order valence-electron chi connectivity index (χ1n) is 11.3. The number of hydrogen-bond acceptors (Lipinski definition) is 5. The molecular weight excluding hydrogens is 490 g/mol. The largest absolute Gasteiger partial charge is 0.325 e. The Bertz CT molecular complexity index is 1640. The molecule has 0 radical (unpaired) electrons. The highest BCUT2D eigenvalue weighted by Crippen LogP contribution is 2.47. The van der Waals surface area contributed by atoms with E-state index in [1.165, 1.54) is 41.4 Å². The second-order valence-corrected chi connectivity index (χ2v) is 8.74. The number of amides is 1. The maximum absolute atomic E-state index is 13.7. The van der Waals surface area contributed by atoms with E-state index in [0.717, 1.165) is 6.07 Å². The highest BCUT2D eigenvalue weighted by molar-refractivity contribution is 6.03. The third kappa shape index (κ3) is 4.30. The first-order valence-corrected chi connectivity index (χ1v) is 11.3. The van der Waals surface area contributed by atoms with Crippen LogP contribution < -0.4 is 5.32 Å². The fraction of sp³-hybridized carbons (Fsp3) is 0.160. The van der Waals surface area contributed by atoms with Gasteiger partial charge in [0.25, 0.3) is 11.8 Å². The highest BCUT2D eigenvalue weighted by atomic mass is 19.3. The third-order valence-electron chi connectivity index (χ3n) is 6.17. The molecule has 37 heavy (non-hydrogen) atoms. The summed E-state index contributed by atoms with van der Waals surface area (Å²) in [5, 5.41) is 7.17. The molecule has 4 aromatic heterocycles. The Morgan fingerprint density at radius 1 is 1.03 bits per heavy atom. The molecule has 1 saturated carbocycles. The lowest BCUT2D eigenvalue weighted by Crippen LogP contribution is -2.37. The predicted octanol–water partition coefficient (Wildman–Crippen LogP) is 5.16. The zero-order valence-corrected chi connectivity index (χ0v) is 18.9. The molecule has 8 nitrogen and oxygen atoms in total. The standard InChI is InChI=1S/C25H17F4N7O/c26-16-3-1-14(2-4-16)22-23(35(13-31-22)17-10-25(28,29)11-17)18-5-6-21-32-20(12-36(21)34-18)33-24(37)15-7-8-30-19(27)9-15/h1-9,12-13,17H,10-11H2,(H,33,37). The minimum atomic E-state index is -2.74. The van der Waals surface area contributed by atoms with E-state index in [4.69, 9.17) is 0 Å². The average Bonchev–Trinajstić information content (AvgIpc) is 3.46. The predicted molar refractivity (Wildman–Crippen MR) is 125 cm³/mol. The van der Waals surface area contributed by atoms with E-state index in [2.05, 4.69) is 25.4 Å². The number of nitrogens with one attached hydrogen (secondary N) is 1. The van der Waals surface area contributed by atoms with Crippen molar-refractivity contribution in [2.24, 2.45) is 0 Å². The molecule has 1 aliphatic carbocycles. The second-order valence-electron chi connectivity index (χ2n) is 8.74. The molecule has 0 unspecified atom stereocenters. The molecule has 1 amide bonds. The van der Waals surface area contributed by atoms with Crippen LogP contribution in [-0.2, 0) is 0 Å². The number of hydrogen-bond donors (Lipinski definition) is 1. The lowest BCUT2D eigenvalue weighted by molar-refractivity contribution is -0.103. The van der Waals surface area contributed by atoms with Gasteiger partial charge in [-0.25, -0.2) is 32.6 Å². The number of anilines is 1.